The molecule has 1 unspecified atom stereocenters. The van der Waals surface area contributed by atoms with E-state index in [2.05, 4.69) is 5.32 Å². The van der Waals surface area contributed by atoms with Crippen LogP contribution in [0.4, 0.5) is 8.78 Å². The predicted molar refractivity (Wildman–Crippen MR) is 96.7 cm³/mol. The van der Waals surface area contributed by atoms with Gasteiger partial charge in [0.05, 0.1) is 5.92 Å². The number of hydrogen-bond acceptors (Lipinski definition) is 5. The first-order valence-corrected chi connectivity index (χ1v) is 10.4. The minimum atomic E-state index is -4.21. The predicted octanol–water partition coefficient (Wildman–Crippen LogP) is 1.82. The third-order valence-electron chi connectivity index (χ3n) is 4.39. The SMILES string of the molecule is CC(C)NC(=O)C(C)OC(=O)C1CCN(S(=O)(=O)c2cc(F)ccc2F)CC1. The topological polar surface area (TPSA) is 92.8 Å². The number of benzene rings is 1. The van der Waals surface area contributed by atoms with Crippen molar-refractivity contribution in [3.05, 3.63) is 29.8 Å². The second-order valence-electron chi connectivity index (χ2n) is 7.00. The first-order valence-electron chi connectivity index (χ1n) is 8.98. The maximum atomic E-state index is 13.9. The standard InChI is InChI=1S/C18H24F2N2O5S/c1-11(2)21-17(23)12(3)27-18(24)13-6-8-22(9-7-13)28(25,26)16-10-14(19)4-5-15(16)20/h4-5,10-13H,6-9H2,1-3H3,(H,21,23). The van der Waals surface area contributed by atoms with E-state index in [1.54, 1.807) is 13.8 Å². The van der Waals surface area contributed by atoms with Gasteiger partial charge in [0.15, 0.2) is 6.10 Å². The smallest absolute Gasteiger partial charge is 0.309 e. The lowest BCUT2D eigenvalue weighted by Gasteiger charge is -2.30. The molecule has 156 valence electrons. The number of amides is 1. The summed E-state index contributed by atoms with van der Waals surface area (Å²) in [6.45, 7) is 4.95. The molecule has 2 rings (SSSR count). The minimum absolute atomic E-state index is 0.0371. The molecule has 0 saturated carbocycles. The molecule has 1 atom stereocenters. The summed E-state index contributed by atoms with van der Waals surface area (Å²) in [5, 5.41) is 2.64. The number of nitrogens with zero attached hydrogens (tertiary/aromatic N) is 1. The Hall–Kier alpha value is -2.07. The number of rotatable bonds is 6. The molecule has 7 nitrogen and oxygen atoms in total. The van der Waals surface area contributed by atoms with Crippen LogP contribution in [0, 0.1) is 17.6 Å². The largest absolute Gasteiger partial charge is 0.452 e. The van der Waals surface area contributed by atoms with Crippen molar-refractivity contribution >= 4 is 21.9 Å². The highest BCUT2D eigenvalue weighted by atomic mass is 32.2. The fourth-order valence-electron chi connectivity index (χ4n) is 2.87. The van der Waals surface area contributed by atoms with Gasteiger partial charge < -0.3 is 10.1 Å². The third kappa shape index (κ3) is 5.26. The lowest BCUT2D eigenvalue weighted by molar-refractivity contribution is -0.160. The first-order chi connectivity index (χ1) is 13.0. The second-order valence-corrected chi connectivity index (χ2v) is 8.90. The van der Waals surface area contributed by atoms with Crippen molar-refractivity contribution in [2.75, 3.05) is 13.1 Å². The average molecular weight is 418 g/mol. The van der Waals surface area contributed by atoms with Crippen LogP contribution < -0.4 is 5.32 Å². The van der Waals surface area contributed by atoms with Gasteiger partial charge in [-0.15, -0.1) is 0 Å². The average Bonchev–Trinajstić information content (AvgIpc) is 2.63. The number of esters is 1. The van der Waals surface area contributed by atoms with Gasteiger partial charge in [-0.25, -0.2) is 17.2 Å². The van der Waals surface area contributed by atoms with Gasteiger partial charge in [0, 0.05) is 19.1 Å². The van der Waals surface area contributed by atoms with E-state index in [1.807, 2.05) is 0 Å². The van der Waals surface area contributed by atoms with Gasteiger partial charge >= 0.3 is 5.97 Å². The number of carbonyl (C=O) groups excluding carboxylic acids is 2. The number of carbonyl (C=O) groups is 2. The van der Waals surface area contributed by atoms with Gasteiger partial charge in [-0.3, -0.25) is 9.59 Å². The number of sulfonamides is 1. The molecule has 1 aromatic carbocycles. The molecule has 0 bridgehead atoms. The van der Waals surface area contributed by atoms with Crippen molar-refractivity contribution in [2.45, 2.75) is 50.7 Å². The molecule has 1 saturated heterocycles. The van der Waals surface area contributed by atoms with Crippen molar-refractivity contribution in [1.29, 1.82) is 0 Å². The van der Waals surface area contributed by atoms with Gasteiger partial charge in [0.25, 0.3) is 5.91 Å². The molecular formula is C18H24F2N2O5S. The zero-order valence-electron chi connectivity index (χ0n) is 15.9. The molecule has 1 aromatic rings. The number of ether oxygens (including phenoxy) is 1. The molecule has 10 heteroatoms. The van der Waals surface area contributed by atoms with Gasteiger partial charge in [0.2, 0.25) is 10.0 Å². The van der Waals surface area contributed by atoms with Crippen LogP contribution in [0.15, 0.2) is 23.1 Å². The summed E-state index contributed by atoms with van der Waals surface area (Å²) in [6.07, 6.45) is -0.640. The summed E-state index contributed by atoms with van der Waals surface area (Å²) < 4.78 is 58.5. The molecule has 28 heavy (non-hydrogen) atoms. The maximum Gasteiger partial charge on any atom is 0.309 e. The van der Waals surface area contributed by atoms with E-state index >= 15 is 0 Å². The normalized spacial score (nSPS) is 17.4. The van der Waals surface area contributed by atoms with Crippen molar-refractivity contribution in [1.82, 2.24) is 9.62 Å². The fraction of sp³-hybridized carbons (Fsp3) is 0.556. The first kappa shape index (κ1) is 22.2. The van der Waals surface area contributed by atoms with Crippen LogP contribution >= 0.6 is 0 Å². The van der Waals surface area contributed by atoms with Crippen LogP contribution in [-0.2, 0) is 24.3 Å². The van der Waals surface area contributed by atoms with Crippen molar-refractivity contribution in [2.24, 2.45) is 5.92 Å². The Morgan fingerprint density at radius 2 is 1.79 bits per heavy atom. The lowest BCUT2D eigenvalue weighted by atomic mass is 9.98. The quantitative estimate of drug-likeness (QED) is 0.712. The number of hydrogen-bond donors (Lipinski definition) is 1. The Kier molecular flexibility index (Phi) is 7.11. The van der Waals surface area contributed by atoms with E-state index < -0.39 is 50.5 Å². The summed E-state index contributed by atoms with van der Waals surface area (Å²) in [5.41, 5.74) is 0. The molecular weight excluding hydrogens is 394 g/mol. The van der Waals surface area contributed by atoms with E-state index in [9.17, 15) is 26.8 Å². The number of piperidine rings is 1. The molecule has 0 aliphatic carbocycles. The maximum absolute atomic E-state index is 13.9. The highest BCUT2D eigenvalue weighted by molar-refractivity contribution is 7.89. The van der Waals surface area contributed by atoms with Gasteiger partial charge in [-0.05, 0) is 51.8 Å². The summed E-state index contributed by atoms with van der Waals surface area (Å²) in [7, 11) is -4.21. The number of halogens is 2. The van der Waals surface area contributed by atoms with Crippen molar-refractivity contribution in [3.63, 3.8) is 0 Å². The second kappa shape index (κ2) is 8.95. The van der Waals surface area contributed by atoms with E-state index in [0.29, 0.717) is 6.07 Å². The summed E-state index contributed by atoms with van der Waals surface area (Å²) in [6, 6.07) is 2.15. The molecule has 1 amide bonds. The molecule has 1 heterocycles. The Morgan fingerprint density at radius 3 is 2.36 bits per heavy atom. The molecule has 1 aliphatic rings. The summed E-state index contributed by atoms with van der Waals surface area (Å²) in [5.74, 6) is -3.46. The minimum Gasteiger partial charge on any atom is -0.452 e. The third-order valence-corrected chi connectivity index (χ3v) is 6.31. The summed E-state index contributed by atoms with van der Waals surface area (Å²) >= 11 is 0. The highest BCUT2D eigenvalue weighted by Crippen LogP contribution is 2.26. The van der Waals surface area contributed by atoms with Crippen LogP contribution in [0.1, 0.15) is 33.6 Å². The van der Waals surface area contributed by atoms with Crippen LogP contribution in [0.3, 0.4) is 0 Å². The molecule has 1 aliphatic heterocycles. The zero-order valence-corrected chi connectivity index (χ0v) is 16.8. The van der Waals surface area contributed by atoms with Crippen molar-refractivity contribution < 1.29 is 31.5 Å². The van der Waals surface area contributed by atoms with Crippen LogP contribution in [0.2, 0.25) is 0 Å². The fourth-order valence-corrected chi connectivity index (χ4v) is 4.42. The van der Waals surface area contributed by atoms with E-state index in [0.717, 1.165) is 16.4 Å². The van der Waals surface area contributed by atoms with E-state index in [4.69, 9.17) is 4.74 Å². The highest BCUT2D eigenvalue weighted by Gasteiger charge is 2.35. The van der Waals surface area contributed by atoms with Crippen LogP contribution in [0.5, 0.6) is 0 Å². The monoisotopic (exact) mass is 418 g/mol. The number of nitrogens with one attached hydrogen (secondary N) is 1. The molecule has 1 fully saturated rings. The molecule has 0 spiro atoms. The lowest BCUT2D eigenvalue weighted by Crippen LogP contribution is -2.43. The Balaban J connectivity index is 1.97. The van der Waals surface area contributed by atoms with Gasteiger partial charge in [0.1, 0.15) is 16.5 Å². The molecule has 0 radical (unpaired) electrons. The summed E-state index contributed by atoms with van der Waals surface area (Å²) in [4.78, 5) is 23.3. The van der Waals surface area contributed by atoms with Crippen LogP contribution in [0.25, 0.3) is 0 Å². The van der Waals surface area contributed by atoms with E-state index in [-0.39, 0.29) is 32.0 Å². The Bertz CT molecular complexity index is 836. The van der Waals surface area contributed by atoms with Crippen LogP contribution in [-0.4, -0.2) is 49.8 Å². The molecule has 1 N–H and O–H groups in total. The Labute approximate surface area is 163 Å². The van der Waals surface area contributed by atoms with Crippen molar-refractivity contribution in [3.8, 4) is 0 Å². The van der Waals surface area contributed by atoms with E-state index in [1.165, 1.54) is 6.92 Å². The Morgan fingerprint density at radius 1 is 1.18 bits per heavy atom. The molecule has 0 aromatic heterocycles. The van der Waals surface area contributed by atoms with Gasteiger partial charge in [-0.2, -0.15) is 4.31 Å². The zero-order chi connectivity index (χ0) is 21.1. The van der Waals surface area contributed by atoms with Gasteiger partial charge in [-0.1, -0.05) is 0 Å².